The summed E-state index contributed by atoms with van der Waals surface area (Å²) in [4.78, 5) is 26.5. The lowest BCUT2D eigenvalue weighted by Gasteiger charge is -2.27. The van der Waals surface area contributed by atoms with E-state index in [9.17, 15) is 9.59 Å². The molecule has 0 spiro atoms. The summed E-state index contributed by atoms with van der Waals surface area (Å²) >= 11 is 0. The van der Waals surface area contributed by atoms with Gasteiger partial charge in [-0.05, 0) is 38.5 Å². The van der Waals surface area contributed by atoms with Gasteiger partial charge in [0.15, 0.2) is 0 Å². The molecule has 1 fully saturated rings. The third-order valence-corrected chi connectivity index (χ3v) is 4.00. The predicted octanol–water partition coefficient (Wildman–Crippen LogP) is 2.13. The average Bonchev–Trinajstić information content (AvgIpc) is 2.83. The van der Waals surface area contributed by atoms with Gasteiger partial charge in [-0.25, -0.2) is 0 Å². The van der Waals surface area contributed by atoms with Crippen molar-refractivity contribution in [3.05, 3.63) is 29.8 Å². The molecule has 1 aromatic carbocycles. The molecule has 22 heavy (non-hydrogen) atoms. The van der Waals surface area contributed by atoms with Gasteiger partial charge in [-0.2, -0.15) is 0 Å². The molecule has 0 radical (unpaired) electrons. The van der Waals surface area contributed by atoms with Gasteiger partial charge >= 0.3 is 0 Å². The molecule has 2 amide bonds. The van der Waals surface area contributed by atoms with Crippen LogP contribution in [0.3, 0.4) is 0 Å². The van der Waals surface area contributed by atoms with Crippen molar-refractivity contribution in [1.82, 2.24) is 10.2 Å². The van der Waals surface area contributed by atoms with E-state index in [4.69, 9.17) is 4.74 Å². The molecule has 5 heteroatoms. The van der Waals surface area contributed by atoms with Crippen LogP contribution < -0.4 is 10.1 Å². The Balaban J connectivity index is 2.31. The number of hydrogen-bond acceptors (Lipinski definition) is 3. The molecule has 2 atom stereocenters. The van der Waals surface area contributed by atoms with Gasteiger partial charge in [-0.15, -0.1) is 0 Å². The Morgan fingerprint density at radius 3 is 2.50 bits per heavy atom. The van der Waals surface area contributed by atoms with Crippen molar-refractivity contribution in [2.24, 2.45) is 5.92 Å². The Bertz CT molecular complexity index is 539. The number of amides is 2. The molecule has 0 aliphatic carbocycles. The first-order valence-corrected chi connectivity index (χ1v) is 7.71. The zero-order valence-corrected chi connectivity index (χ0v) is 13.6. The number of likely N-dealkylation sites (tertiary alicyclic amines) is 1. The fourth-order valence-corrected chi connectivity index (χ4v) is 3.00. The topological polar surface area (TPSA) is 58.6 Å². The van der Waals surface area contributed by atoms with Crippen LogP contribution in [-0.4, -0.2) is 36.4 Å². The quantitative estimate of drug-likeness (QED) is 0.906. The third kappa shape index (κ3) is 3.24. The van der Waals surface area contributed by atoms with E-state index in [1.54, 1.807) is 12.0 Å². The summed E-state index contributed by atoms with van der Waals surface area (Å²) in [7, 11) is 1.62. The smallest absolute Gasteiger partial charge is 0.226 e. The van der Waals surface area contributed by atoms with Gasteiger partial charge in [-0.1, -0.05) is 12.1 Å². The molecule has 2 rings (SSSR count). The Morgan fingerprint density at radius 2 is 2.00 bits per heavy atom. The van der Waals surface area contributed by atoms with Crippen molar-refractivity contribution in [3.63, 3.8) is 0 Å². The Morgan fingerprint density at radius 1 is 1.36 bits per heavy atom. The molecule has 0 unspecified atom stereocenters. The molecule has 1 N–H and O–H groups in total. The number of nitrogens with one attached hydrogen (secondary N) is 1. The zero-order valence-electron chi connectivity index (χ0n) is 13.6. The van der Waals surface area contributed by atoms with Crippen molar-refractivity contribution in [2.45, 2.75) is 39.3 Å². The predicted molar refractivity (Wildman–Crippen MR) is 84.5 cm³/mol. The number of ether oxygens (including phenoxy) is 1. The van der Waals surface area contributed by atoms with E-state index in [2.05, 4.69) is 5.32 Å². The van der Waals surface area contributed by atoms with Gasteiger partial charge < -0.3 is 15.0 Å². The van der Waals surface area contributed by atoms with Crippen molar-refractivity contribution in [3.8, 4) is 5.75 Å². The van der Waals surface area contributed by atoms with Crippen molar-refractivity contribution in [1.29, 1.82) is 0 Å². The number of methoxy groups -OCH3 is 1. The van der Waals surface area contributed by atoms with Crippen molar-refractivity contribution >= 4 is 11.8 Å². The van der Waals surface area contributed by atoms with Gasteiger partial charge in [-0.3, -0.25) is 9.59 Å². The molecule has 1 heterocycles. The SMILES string of the molecule is CCN1C(=O)C[C@@H](C(=O)NC(C)C)[C@@H]1c1ccc(OC)cc1. The van der Waals surface area contributed by atoms with Crippen LogP contribution in [0.25, 0.3) is 0 Å². The number of carbonyl (C=O) groups excluding carboxylic acids is 2. The average molecular weight is 304 g/mol. The van der Waals surface area contributed by atoms with Gasteiger partial charge in [0.2, 0.25) is 11.8 Å². The number of carbonyl (C=O) groups is 2. The maximum Gasteiger partial charge on any atom is 0.226 e. The molecule has 5 nitrogen and oxygen atoms in total. The second-order valence-corrected chi connectivity index (χ2v) is 5.87. The van der Waals surface area contributed by atoms with Crippen LogP contribution in [0.5, 0.6) is 5.75 Å². The van der Waals surface area contributed by atoms with E-state index in [1.807, 2.05) is 45.0 Å². The highest BCUT2D eigenvalue weighted by Crippen LogP contribution is 2.38. The molecule has 0 aromatic heterocycles. The maximum atomic E-state index is 12.5. The monoisotopic (exact) mass is 304 g/mol. The molecule has 0 saturated carbocycles. The first-order chi connectivity index (χ1) is 10.5. The molecule has 0 bridgehead atoms. The summed E-state index contributed by atoms with van der Waals surface area (Å²) in [5.41, 5.74) is 0.970. The second-order valence-electron chi connectivity index (χ2n) is 5.87. The normalized spacial score (nSPS) is 21.3. The molecule has 1 aliphatic heterocycles. The lowest BCUT2D eigenvalue weighted by atomic mass is 9.92. The first kappa shape index (κ1) is 16.3. The van der Waals surface area contributed by atoms with Gasteiger partial charge in [0.05, 0.1) is 19.1 Å². The highest BCUT2D eigenvalue weighted by Gasteiger charge is 2.43. The number of benzene rings is 1. The van der Waals surface area contributed by atoms with Gasteiger partial charge in [0, 0.05) is 19.0 Å². The lowest BCUT2D eigenvalue weighted by Crippen LogP contribution is -2.38. The summed E-state index contributed by atoms with van der Waals surface area (Å²) in [6.45, 7) is 6.39. The van der Waals surface area contributed by atoms with E-state index < -0.39 is 0 Å². The van der Waals surface area contributed by atoms with E-state index in [0.717, 1.165) is 11.3 Å². The fraction of sp³-hybridized carbons (Fsp3) is 0.529. The summed E-state index contributed by atoms with van der Waals surface area (Å²) in [5, 5.41) is 2.93. The van der Waals surface area contributed by atoms with Gasteiger partial charge in [0.1, 0.15) is 5.75 Å². The van der Waals surface area contributed by atoms with Crippen LogP contribution in [0.4, 0.5) is 0 Å². The van der Waals surface area contributed by atoms with Gasteiger partial charge in [0.25, 0.3) is 0 Å². The molecular formula is C17H24N2O3. The van der Waals surface area contributed by atoms with Crippen LogP contribution in [0.2, 0.25) is 0 Å². The fourth-order valence-electron chi connectivity index (χ4n) is 3.00. The molecule has 1 saturated heterocycles. The highest BCUT2D eigenvalue weighted by atomic mass is 16.5. The minimum atomic E-state index is -0.344. The summed E-state index contributed by atoms with van der Waals surface area (Å²) in [5.74, 6) is 0.398. The van der Waals surface area contributed by atoms with Crippen LogP contribution in [-0.2, 0) is 9.59 Å². The minimum Gasteiger partial charge on any atom is -0.497 e. The van der Waals surface area contributed by atoms with Crippen LogP contribution in [0.15, 0.2) is 24.3 Å². The van der Waals surface area contributed by atoms with Crippen LogP contribution in [0.1, 0.15) is 38.8 Å². The summed E-state index contributed by atoms with van der Waals surface area (Å²) < 4.78 is 5.17. The summed E-state index contributed by atoms with van der Waals surface area (Å²) in [6, 6.07) is 7.45. The lowest BCUT2D eigenvalue weighted by molar-refractivity contribution is -0.129. The van der Waals surface area contributed by atoms with Crippen LogP contribution in [0, 0.1) is 5.92 Å². The van der Waals surface area contributed by atoms with E-state index in [1.165, 1.54) is 0 Å². The third-order valence-electron chi connectivity index (χ3n) is 4.00. The molecule has 1 aromatic rings. The Hall–Kier alpha value is -2.04. The second kappa shape index (κ2) is 6.81. The summed E-state index contributed by atoms with van der Waals surface area (Å²) in [6.07, 6.45) is 0.267. The number of rotatable bonds is 5. The van der Waals surface area contributed by atoms with Crippen molar-refractivity contribution in [2.75, 3.05) is 13.7 Å². The number of hydrogen-bond donors (Lipinski definition) is 1. The standard InChI is InChI=1S/C17H24N2O3/c1-5-19-15(20)10-14(17(21)18-11(2)3)16(19)12-6-8-13(22-4)9-7-12/h6-9,11,14,16H,5,10H2,1-4H3,(H,18,21)/t14-,16+/m1/s1. The van der Waals surface area contributed by atoms with E-state index >= 15 is 0 Å². The molecular weight excluding hydrogens is 280 g/mol. The first-order valence-electron chi connectivity index (χ1n) is 7.71. The minimum absolute atomic E-state index is 0.0345. The Labute approximate surface area is 131 Å². The van der Waals surface area contributed by atoms with E-state index in [0.29, 0.717) is 6.54 Å². The number of nitrogens with zero attached hydrogens (tertiary/aromatic N) is 1. The molecule has 120 valence electrons. The van der Waals surface area contributed by atoms with Crippen molar-refractivity contribution < 1.29 is 14.3 Å². The molecule has 1 aliphatic rings. The largest absolute Gasteiger partial charge is 0.497 e. The van der Waals surface area contributed by atoms with E-state index in [-0.39, 0.29) is 36.2 Å². The maximum absolute atomic E-state index is 12.5. The zero-order chi connectivity index (χ0) is 16.3. The highest BCUT2D eigenvalue weighted by molar-refractivity contribution is 5.90. The Kier molecular flexibility index (Phi) is 5.06. The van der Waals surface area contributed by atoms with Crippen LogP contribution >= 0.6 is 0 Å².